The number of imidazole rings is 1. The van der Waals surface area contributed by atoms with Crippen molar-refractivity contribution in [1.82, 2.24) is 29.2 Å². The lowest BCUT2D eigenvalue weighted by Gasteiger charge is -2.02. The van der Waals surface area contributed by atoms with Gasteiger partial charge >= 0.3 is 0 Å². The molecule has 0 saturated heterocycles. The highest BCUT2D eigenvalue weighted by Gasteiger charge is 2.89. The van der Waals surface area contributed by atoms with Crippen LogP contribution in [0.5, 0.6) is 0 Å². The van der Waals surface area contributed by atoms with Crippen LogP contribution in [0, 0.1) is 29.0 Å². The van der Waals surface area contributed by atoms with Crippen LogP contribution in [-0.4, -0.2) is 29.2 Å². The molecule has 0 N–H and O–H groups in total. The summed E-state index contributed by atoms with van der Waals surface area (Å²) < 4.78 is 22.6. The van der Waals surface area contributed by atoms with Gasteiger partial charge in [-0.15, -0.1) is 0 Å². The molecule has 0 radical (unpaired) electrons. The minimum Gasteiger partial charge on any atom is -0.337 e. The molecule has 8 rings (SSSR count). The summed E-state index contributed by atoms with van der Waals surface area (Å²) in [4.78, 5) is 25.6. The maximum atomic E-state index is 14.1. The fraction of sp³-hybridized carbons (Fsp3) is 0.273. The Morgan fingerprint density at radius 1 is 1.34 bits per heavy atom. The molecule has 2 saturated carbocycles. The lowest BCUT2D eigenvalue weighted by molar-refractivity contribution is 0.363. The minimum absolute atomic E-state index is 0.0450. The van der Waals surface area contributed by atoms with Crippen molar-refractivity contribution in [2.45, 2.75) is 18.4 Å². The molecule has 2 bridgehead atoms. The molecule has 32 heavy (non-hydrogen) atoms. The quantitative estimate of drug-likeness (QED) is 0.489. The van der Waals surface area contributed by atoms with E-state index in [0.29, 0.717) is 34.7 Å². The van der Waals surface area contributed by atoms with Gasteiger partial charge in [0.2, 0.25) is 5.89 Å². The number of nitriles is 1. The highest BCUT2D eigenvalue weighted by Crippen LogP contribution is 2.90. The third-order valence-corrected chi connectivity index (χ3v) is 7.07. The monoisotopic (exact) mass is 427 g/mol. The Balaban J connectivity index is 1.19. The van der Waals surface area contributed by atoms with Crippen molar-refractivity contribution < 1.29 is 8.91 Å². The summed E-state index contributed by atoms with van der Waals surface area (Å²) in [5.74, 6) is 1.26. The van der Waals surface area contributed by atoms with E-state index in [1.54, 1.807) is 24.0 Å². The number of allylic oxidation sites excluding steroid dienone is 2. The largest absolute Gasteiger partial charge is 0.337 e. The van der Waals surface area contributed by atoms with E-state index in [4.69, 9.17) is 9.78 Å². The average molecular weight is 427 g/mol. The SMILES string of the molecule is Cn1cnc2ncn(Cc3nc([C@]45C6=C(c7ccc(C#N)c(F)c7)C[C@@H]4[C@H]65)no3)c(=O)c21. The van der Waals surface area contributed by atoms with E-state index in [9.17, 15) is 9.18 Å². The van der Waals surface area contributed by atoms with Gasteiger partial charge in [-0.05, 0) is 41.2 Å². The summed E-state index contributed by atoms with van der Waals surface area (Å²) in [7, 11) is 1.74. The maximum absolute atomic E-state index is 14.1. The molecule has 4 aliphatic rings. The van der Waals surface area contributed by atoms with Crippen molar-refractivity contribution in [2.24, 2.45) is 18.9 Å². The van der Waals surface area contributed by atoms with Gasteiger partial charge < -0.3 is 9.09 Å². The number of aromatic nitrogens is 6. The Morgan fingerprint density at radius 2 is 2.19 bits per heavy atom. The fourth-order valence-corrected chi connectivity index (χ4v) is 5.49. The molecule has 0 amide bonds. The van der Waals surface area contributed by atoms with E-state index in [2.05, 4.69) is 20.1 Å². The molecule has 156 valence electrons. The first-order valence-corrected chi connectivity index (χ1v) is 10.2. The molecule has 2 fully saturated rings. The first-order chi connectivity index (χ1) is 15.5. The van der Waals surface area contributed by atoms with Crippen LogP contribution in [0.1, 0.15) is 29.3 Å². The zero-order valence-corrected chi connectivity index (χ0v) is 16.8. The molecule has 4 aliphatic carbocycles. The number of nitrogens with zero attached hydrogens (tertiary/aromatic N) is 7. The number of halogens is 1. The lowest BCUT2D eigenvalue weighted by atomic mass is 10.0. The number of benzene rings is 1. The first-order valence-electron chi connectivity index (χ1n) is 10.2. The second-order valence-corrected chi connectivity index (χ2v) is 8.57. The van der Waals surface area contributed by atoms with E-state index in [0.717, 1.165) is 17.6 Å². The summed E-state index contributed by atoms with van der Waals surface area (Å²) in [6.45, 7) is 0.123. The summed E-state index contributed by atoms with van der Waals surface area (Å²) in [5, 5.41) is 13.2. The van der Waals surface area contributed by atoms with Crippen LogP contribution in [0.4, 0.5) is 4.39 Å². The van der Waals surface area contributed by atoms with Crippen molar-refractivity contribution >= 4 is 16.7 Å². The lowest BCUT2D eigenvalue weighted by Crippen LogP contribution is -2.22. The Morgan fingerprint density at radius 3 is 2.97 bits per heavy atom. The second-order valence-electron chi connectivity index (χ2n) is 8.57. The highest BCUT2D eigenvalue weighted by atomic mass is 19.1. The molecule has 0 aliphatic heterocycles. The molecule has 10 heteroatoms. The second kappa shape index (κ2) is 5.56. The van der Waals surface area contributed by atoms with Crippen LogP contribution in [0.25, 0.3) is 16.7 Å². The molecule has 1 aromatic carbocycles. The highest BCUT2D eigenvalue weighted by molar-refractivity contribution is 5.90. The van der Waals surface area contributed by atoms with Crippen molar-refractivity contribution in [2.75, 3.05) is 0 Å². The van der Waals surface area contributed by atoms with Gasteiger partial charge in [-0.25, -0.2) is 14.4 Å². The Bertz CT molecular complexity index is 1620. The van der Waals surface area contributed by atoms with Crippen LogP contribution >= 0.6 is 0 Å². The minimum atomic E-state index is -0.502. The molecule has 9 nitrogen and oxygen atoms in total. The van der Waals surface area contributed by atoms with Crippen LogP contribution < -0.4 is 5.56 Å². The predicted molar refractivity (Wildman–Crippen MR) is 107 cm³/mol. The third-order valence-electron chi connectivity index (χ3n) is 7.07. The van der Waals surface area contributed by atoms with Gasteiger partial charge in [0, 0.05) is 13.0 Å². The Kier molecular flexibility index (Phi) is 3.05. The van der Waals surface area contributed by atoms with Crippen LogP contribution in [0.3, 0.4) is 0 Å². The first kappa shape index (κ1) is 17.5. The Hall–Kier alpha value is -4.13. The van der Waals surface area contributed by atoms with Crippen LogP contribution in [0.2, 0.25) is 0 Å². The van der Waals surface area contributed by atoms with E-state index in [1.807, 2.05) is 6.07 Å². The van der Waals surface area contributed by atoms with Gasteiger partial charge in [-0.1, -0.05) is 11.2 Å². The number of hydrogen-bond donors (Lipinski definition) is 0. The third kappa shape index (κ3) is 1.98. The zero-order valence-electron chi connectivity index (χ0n) is 16.8. The van der Waals surface area contributed by atoms with Gasteiger partial charge in [0.15, 0.2) is 17.0 Å². The van der Waals surface area contributed by atoms with Crippen LogP contribution in [-0.2, 0) is 19.0 Å². The fourth-order valence-electron chi connectivity index (χ4n) is 5.49. The molecule has 3 atom stereocenters. The predicted octanol–water partition coefficient (Wildman–Crippen LogP) is 1.93. The molecule has 3 heterocycles. The van der Waals surface area contributed by atoms with Crippen LogP contribution in [0.15, 0.2) is 45.7 Å². The average Bonchev–Trinajstić information content (AvgIpc) is 3.24. The molecular weight excluding hydrogens is 413 g/mol. The number of aryl methyl sites for hydroxylation is 1. The Labute approximate surface area is 179 Å². The number of fused-ring (bicyclic) bond motifs is 2. The van der Waals surface area contributed by atoms with Gasteiger partial charge in [0.05, 0.1) is 17.3 Å². The normalized spacial score (nSPS) is 24.7. The van der Waals surface area contributed by atoms with E-state index in [1.165, 1.54) is 28.6 Å². The van der Waals surface area contributed by atoms with Crippen molar-refractivity contribution in [3.63, 3.8) is 0 Å². The number of hydrogen-bond acceptors (Lipinski definition) is 7. The zero-order chi connectivity index (χ0) is 21.8. The van der Waals surface area contributed by atoms with Crippen molar-refractivity contribution in [3.05, 3.63) is 75.4 Å². The number of rotatable bonds is 4. The van der Waals surface area contributed by atoms with E-state index in [-0.39, 0.29) is 23.1 Å². The topological polar surface area (TPSA) is 115 Å². The molecule has 3 aromatic heterocycles. The van der Waals surface area contributed by atoms with Gasteiger partial charge in [-0.2, -0.15) is 10.2 Å². The molecule has 4 aromatic rings. The summed E-state index contributed by atoms with van der Waals surface area (Å²) in [5.41, 5.74) is 3.61. The smallest absolute Gasteiger partial charge is 0.280 e. The van der Waals surface area contributed by atoms with Crippen molar-refractivity contribution in [3.8, 4) is 6.07 Å². The van der Waals surface area contributed by atoms with Gasteiger partial charge in [-0.3, -0.25) is 9.36 Å². The maximum Gasteiger partial charge on any atom is 0.280 e. The molecular formula is C22H14FN7O2. The summed E-state index contributed by atoms with van der Waals surface area (Å²) >= 11 is 0. The van der Waals surface area contributed by atoms with E-state index >= 15 is 0 Å². The standard InChI is InChI=1S/C22H14FN7O2/c1-29-8-25-19-18(29)20(31)30(9-26-19)7-15-27-21(28-32-15)22-13-5-12(16(22)17(13)22)10-2-3-11(6-24)14(23)4-10/h2-4,8-9,13,17H,5,7H2,1H3/t13-,17-,22+/m1/s1. The van der Waals surface area contributed by atoms with Crippen molar-refractivity contribution in [1.29, 1.82) is 5.26 Å². The molecule has 0 spiro atoms. The van der Waals surface area contributed by atoms with Gasteiger partial charge in [0.1, 0.15) is 24.8 Å². The van der Waals surface area contributed by atoms with Gasteiger partial charge in [0.25, 0.3) is 5.56 Å². The summed E-state index contributed by atoms with van der Waals surface area (Å²) in [6, 6.07) is 6.61. The van der Waals surface area contributed by atoms with E-state index < -0.39 is 5.82 Å². The summed E-state index contributed by atoms with van der Waals surface area (Å²) in [6.07, 6.45) is 3.82. The molecule has 0 unspecified atom stereocenters.